The second-order valence-corrected chi connectivity index (χ2v) is 5.27. The minimum absolute atomic E-state index is 0.000671. The lowest BCUT2D eigenvalue weighted by atomic mass is 10.1. The number of thiocarbonyl (C=S) groups is 1. The molecule has 0 unspecified atom stereocenters. The number of halogens is 3. The Morgan fingerprint density at radius 1 is 1.38 bits per heavy atom. The fraction of sp³-hybridized carbons (Fsp3) is 0.0833. The summed E-state index contributed by atoms with van der Waals surface area (Å²) in [6, 6.07) is 3.24. The van der Waals surface area contributed by atoms with Crippen molar-refractivity contribution in [2.24, 2.45) is 5.73 Å². The average Bonchev–Trinajstić information content (AvgIpc) is 2.91. The van der Waals surface area contributed by atoms with Crippen LogP contribution in [-0.4, -0.2) is 15.9 Å². The van der Waals surface area contributed by atoms with Crippen LogP contribution in [0.1, 0.15) is 20.8 Å². The lowest BCUT2D eigenvalue weighted by molar-refractivity contribution is -0.137. The highest BCUT2D eigenvalue weighted by atomic mass is 32.1. The quantitative estimate of drug-likeness (QED) is 0.848. The van der Waals surface area contributed by atoms with E-state index in [0.29, 0.717) is 4.88 Å². The molecule has 9 heteroatoms. The molecule has 1 aromatic heterocycles. The number of rotatable bonds is 3. The summed E-state index contributed by atoms with van der Waals surface area (Å²) in [6.07, 6.45) is -3.29. The largest absolute Gasteiger partial charge is 0.417 e. The summed E-state index contributed by atoms with van der Waals surface area (Å²) in [5.41, 5.74) is 5.46. The molecular weight excluding hydrogens is 323 g/mol. The van der Waals surface area contributed by atoms with Gasteiger partial charge in [0, 0.05) is 11.3 Å². The summed E-state index contributed by atoms with van der Waals surface area (Å²) < 4.78 is 38.9. The van der Waals surface area contributed by atoms with Crippen LogP contribution in [0.5, 0.6) is 0 Å². The first kappa shape index (κ1) is 15.4. The van der Waals surface area contributed by atoms with Crippen molar-refractivity contribution >= 4 is 40.1 Å². The molecule has 1 aromatic carbocycles. The highest BCUT2D eigenvalue weighted by molar-refractivity contribution is 7.80. The zero-order chi connectivity index (χ0) is 15.6. The minimum Gasteiger partial charge on any atom is -0.389 e. The van der Waals surface area contributed by atoms with Gasteiger partial charge in [0.15, 0.2) is 0 Å². The van der Waals surface area contributed by atoms with Gasteiger partial charge in [-0.05, 0) is 18.2 Å². The zero-order valence-corrected chi connectivity index (χ0v) is 11.9. The van der Waals surface area contributed by atoms with Crippen molar-refractivity contribution in [3.63, 3.8) is 0 Å². The van der Waals surface area contributed by atoms with Crippen LogP contribution in [0.3, 0.4) is 0 Å². The molecule has 21 heavy (non-hydrogen) atoms. The number of carbonyl (C=O) groups excluding carboxylic acids is 1. The maximum Gasteiger partial charge on any atom is 0.417 e. The molecule has 3 N–H and O–H groups in total. The van der Waals surface area contributed by atoms with Crippen molar-refractivity contribution < 1.29 is 18.0 Å². The fourth-order valence-electron chi connectivity index (χ4n) is 1.59. The smallest absolute Gasteiger partial charge is 0.389 e. The Balaban J connectivity index is 2.34. The van der Waals surface area contributed by atoms with E-state index in [1.165, 1.54) is 17.8 Å². The third kappa shape index (κ3) is 3.56. The molecule has 1 heterocycles. The Bertz CT molecular complexity index is 684. The zero-order valence-electron chi connectivity index (χ0n) is 10.3. The second-order valence-electron chi connectivity index (χ2n) is 3.94. The number of hydrogen-bond donors (Lipinski definition) is 2. The number of hydrogen-bond acceptors (Lipinski definition) is 4. The number of nitrogens with two attached hydrogens (primary N) is 1. The van der Waals surface area contributed by atoms with Crippen LogP contribution in [0, 0.1) is 0 Å². The Labute approximate surface area is 126 Å². The van der Waals surface area contributed by atoms with E-state index in [0.717, 1.165) is 23.5 Å². The Hall–Kier alpha value is -2.00. The van der Waals surface area contributed by atoms with Gasteiger partial charge >= 0.3 is 6.18 Å². The minimum atomic E-state index is -4.62. The highest BCUT2D eigenvalue weighted by Crippen LogP contribution is 2.34. The van der Waals surface area contributed by atoms with Gasteiger partial charge in [0.2, 0.25) is 0 Å². The molecule has 0 aliphatic rings. The number of amides is 1. The average molecular weight is 331 g/mol. The molecule has 0 radical (unpaired) electrons. The molecule has 0 spiro atoms. The van der Waals surface area contributed by atoms with Crippen LogP contribution < -0.4 is 11.1 Å². The van der Waals surface area contributed by atoms with Crippen molar-refractivity contribution in [1.82, 2.24) is 4.98 Å². The van der Waals surface area contributed by atoms with Crippen LogP contribution in [0.25, 0.3) is 0 Å². The number of benzene rings is 1. The van der Waals surface area contributed by atoms with Crippen LogP contribution in [0.2, 0.25) is 0 Å². The first-order valence-electron chi connectivity index (χ1n) is 5.50. The third-order valence-electron chi connectivity index (χ3n) is 2.50. The molecule has 0 bridgehead atoms. The van der Waals surface area contributed by atoms with Crippen molar-refractivity contribution in [2.45, 2.75) is 6.18 Å². The molecule has 0 atom stereocenters. The Kier molecular flexibility index (Phi) is 4.24. The summed E-state index contributed by atoms with van der Waals surface area (Å²) in [5.74, 6) is -0.534. The van der Waals surface area contributed by atoms with E-state index in [1.54, 1.807) is 0 Å². The fourth-order valence-corrected chi connectivity index (χ4v) is 2.29. The van der Waals surface area contributed by atoms with E-state index in [1.807, 2.05) is 0 Å². The van der Waals surface area contributed by atoms with Crippen molar-refractivity contribution in [3.8, 4) is 0 Å². The van der Waals surface area contributed by atoms with Crippen molar-refractivity contribution in [2.75, 3.05) is 5.32 Å². The van der Waals surface area contributed by atoms with E-state index in [-0.39, 0.29) is 16.2 Å². The van der Waals surface area contributed by atoms with Crippen molar-refractivity contribution in [1.29, 1.82) is 0 Å². The van der Waals surface area contributed by atoms with Crippen molar-refractivity contribution in [3.05, 3.63) is 45.9 Å². The molecule has 0 saturated carbocycles. The van der Waals surface area contributed by atoms with E-state index >= 15 is 0 Å². The number of anilines is 1. The van der Waals surface area contributed by atoms with E-state index in [2.05, 4.69) is 22.5 Å². The van der Waals surface area contributed by atoms with Gasteiger partial charge in [-0.15, -0.1) is 11.3 Å². The normalized spacial score (nSPS) is 11.2. The van der Waals surface area contributed by atoms with Crippen LogP contribution in [-0.2, 0) is 6.18 Å². The van der Waals surface area contributed by atoms with Gasteiger partial charge in [-0.2, -0.15) is 13.2 Å². The van der Waals surface area contributed by atoms with Gasteiger partial charge in [0.05, 0.1) is 17.3 Å². The number of nitrogens with one attached hydrogen (secondary N) is 1. The number of thiazole rings is 1. The molecule has 0 saturated heterocycles. The summed E-state index contributed by atoms with van der Waals surface area (Å²) in [7, 11) is 0. The summed E-state index contributed by atoms with van der Waals surface area (Å²) in [6.45, 7) is 0. The lowest BCUT2D eigenvalue weighted by Gasteiger charge is -2.14. The second kappa shape index (κ2) is 5.78. The monoisotopic (exact) mass is 331 g/mol. The Morgan fingerprint density at radius 2 is 2.10 bits per heavy atom. The topological polar surface area (TPSA) is 68.0 Å². The summed E-state index contributed by atoms with van der Waals surface area (Å²) in [4.78, 5) is 15.4. The van der Waals surface area contributed by atoms with Gasteiger partial charge in [0.1, 0.15) is 9.87 Å². The first-order chi connectivity index (χ1) is 9.79. The molecule has 2 aromatic rings. The van der Waals surface area contributed by atoms with Gasteiger partial charge in [-0.1, -0.05) is 12.2 Å². The maximum atomic E-state index is 13.0. The molecular formula is C12H8F3N3OS2. The highest BCUT2D eigenvalue weighted by Gasteiger charge is 2.34. The maximum absolute atomic E-state index is 13.0. The molecule has 0 aliphatic carbocycles. The van der Waals surface area contributed by atoms with E-state index in [9.17, 15) is 18.0 Å². The standard InChI is InChI=1S/C12H8F3N3OS2/c13-12(14,15)8-3-6(1-2-7(8)10(16)20)18-11(19)9-4-17-5-21-9/h1-5H,(H2,16,20)(H,18,19). The summed E-state index contributed by atoms with van der Waals surface area (Å²) >= 11 is 5.68. The van der Waals surface area contributed by atoms with Crippen LogP contribution in [0.15, 0.2) is 29.9 Å². The molecule has 4 nitrogen and oxygen atoms in total. The molecule has 0 aliphatic heterocycles. The number of nitrogens with zero attached hydrogens (tertiary/aromatic N) is 1. The molecule has 2 rings (SSSR count). The first-order valence-corrected chi connectivity index (χ1v) is 6.78. The Morgan fingerprint density at radius 3 is 2.62 bits per heavy atom. The lowest BCUT2D eigenvalue weighted by Crippen LogP contribution is -2.19. The van der Waals surface area contributed by atoms with Crippen LogP contribution in [0.4, 0.5) is 18.9 Å². The third-order valence-corrected chi connectivity index (χ3v) is 3.50. The molecule has 1 amide bonds. The van der Waals surface area contributed by atoms with E-state index in [4.69, 9.17) is 5.73 Å². The van der Waals surface area contributed by atoms with Gasteiger partial charge < -0.3 is 11.1 Å². The number of carbonyl (C=O) groups is 1. The predicted molar refractivity (Wildman–Crippen MR) is 77.4 cm³/mol. The van der Waals surface area contributed by atoms with E-state index < -0.39 is 17.6 Å². The summed E-state index contributed by atoms with van der Waals surface area (Å²) in [5, 5.41) is 2.37. The van der Waals surface area contributed by atoms with Gasteiger partial charge in [-0.25, -0.2) is 0 Å². The predicted octanol–water partition coefficient (Wildman–Crippen LogP) is 3.05. The van der Waals surface area contributed by atoms with Gasteiger partial charge in [-0.3, -0.25) is 9.78 Å². The number of alkyl halides is 3. The SMILES string of the molecule is NC(=S)c1ccc(NC(=O)c2cncs2)cc1C(F)(F)F. The molecule has 0 fully saturated rings. The number of aromatic nitrogens is 1. The van der Waals surface area contributed by atoms with Gasteiger partial charge in [0.25, 0.3) is 5.91 Å². The molecule has 110 valence electrons. The van der Waals surface area contributed by atoms with Crippen LogP contribution >= 0.6 is 23.6 Å².